The van der Waals surface area contributed by atoms with E-state index in [0.29, 0.717) is 15.4 Å². The number of carbonyl (C=O) groups is 2. The van der Waals surface area contributed by atoms with Gasteiger partial charge in [-0.15, -0.1) is 11.3 Å². The highest BCUT2D eigenvalue weighted by Crippen LogP contribution is 2.24. The van der Waals surface area contributed by atoms with Crippen molar-refractivity contribution >= 4 is 28.7 Å². The van der Waals surface area contributed by atoms with E-state index in [9.17, 15) is 14.7 Å². The lowest BCUT2D eigenvalue weighted by Gasteiger charge is -2.05. The van der Waals surface area contributed by atoms with Crippen LogP contribution in [0.15, 0.2) is 36.4 Å². The van der Waals surface area contributed by atoms with E-state index in [0.717, 1.165) is 11.3 Å². The number of ketones is 1. The van der Waals surface area contributed by atoms with Crippen LogP contribution < -0.4 is 5.32 Å². The number of hydrogen-bond acceptors (Lipinski definition) is 4. The van der Waals surface area contributed by atoms with E-state index < -0.39 is 0 Å². The van der Waals surface area contributed by atoms with Crippen molar-refractivity contribution < 1.29 is 14.7 Å². The number of hydrogen-bond donors (Lipinski definition) is 2. The van der Waals surface area contributed by atoms with Gasteiger partial charge >= 0.3 is 0 Å². The van der Waals surface area contributed by atoms with Crippen LogP contribution in [0.2, 0.25) is 0 Å². The summed E-state index contributed by atoms with van der Waals surface area (Å²) in [4.78, 5) is 24.0. The molecule has 0 spiro atoms. The van der Waals surface area contributed by atoms with Gasteiger partial charge in [0.1, 0.15) is 5.75 Å². The number of para-hydroxylation sites is 2. The zero-order chi connectivity index (χ0) is 13.1. The summed E-state index contributed by atoms with van der Waals surface area (Å²) in [5, 5.41) is 12.1. The van der Waals surface area contributed by atoms with Crippen molar-refractivity contribution in [2.75, 3.05) is 5.32 Å². The second-order valence-corrected chi connectivity index (χ2v) is 4.78. The molecule has 2 N–H and O–H groups in total. The molecule has 0 aliphatic heterocycles. The fraction of sp³-hybridized carbons (Fsp3) is 0.0769. The van der Waals surface area contributed by atoms with Crippen molar-refractivity contribution in [1.29, 1.82) is 0 Å². The highest BCUT2D eigenvalue weighted by Gasteiger charge is 2.12. The molecule has 2 aromatic rings. The third-order valence-corrected chi connectivity index (χ3v) is 3.51. The maximum Gasteiger partial charge on any atom is 0.265 e. The van der Waals surface area contributed by atoms with Crippen LogP contribution in [0.4, 0.5) is 5.69 Å². The fourth-order valence-electron chi connectivity index (χ4n) is 1.41. The highest BCUT2D eigenvalue weighted by molar-refractivity contribution is 7.16. The van der Waals surface area contributed by atoms with Crippen molar-refractivity contribution in [1.82, 2.24) is 0 Å². The van der Waals surface area contributed by atoms with Gasteiger partial charge in [-0.05, 0) is 31.2 Å². The van der Waals surface area contributed by atoms with Gasteiger partial charge in [-0.2, -0.15) is 0 Å². The van der Waals surface area contributed by atoms with Gasteiger partial charge in [-0.1, -0.05) is 12.1 Å². The molecule has 0 bridgehead atoms. The van der Waals surface area contributed by atoms with Gasteiger partial charge < -0.3 is 10.4 Å². The van der Waals surface area contributed by atoms with Gasteiger partial charge in [-0.3, -0.25) is 9.59 Å². The number of Topliss-reactive ketones (excluding diaryl/α,β-unsaturated/α-hetero) is 1. The van der Waals surface area contributed by atoms with Gasteiger partial charge in [0, 0.05) is 0 Å². The number of phenolic OH excluding ortho intramolecular Hbond substituents is 1. The van der Waals surface area contributed by atoms with Crippen molar-refractivity contribution in [3.63, 3.8) is 0 Å². The number of amides is 1. The van der Waals surface area contributed by atoms with E-state index in [1.165, 1.54) is 13.0 Å². The normalized spacial score (nSPS) is 10.1. The van der Waals surface area contributed by atoms with Crippen molar-refractivity contribution in [2.24, 2.45) is 0 Å². The maximum atomic E-state index is 11.9. The molecule has 1 heterocycles. The Labute approximate surface area is 108 Å². The molecule has 0 aliphatic carbocycles. The summed E-state index contributed by atoms with van der Waals surface area (Å²) in [5.74, 6) is -0.398. The first-order valence-corrected chi connectivity index (χ1v) is 6.09. The average Bonchev–Trinajstić information content (AvgIpc) is 2.81. The lowest BCUT2D eigenvalue weighted by atomic mass is 10.3. The van der Waals surface area contributed by atoms with Gasteiger partial charge in [0.2, 0.25) is 0 Å². The van der Waals surface area contributed by atoms with Crippen LogP contribution in [0.25, 0.3) is 0 Å². The molecule has 1 amide bonds. The number of carbonyl (C=O) groups excluding carboxylic acids is 2. The molecular weight excluding hydrogens is 250 g/mol. The summed E-state index contributed by atoms with van der Waals surface area (Å²) in [6.45, 7) is 1.45. The van der Waals surface area contributed by atoms with Crippen LogP contribution in [-0.2, 0) is 0 Å². The summed E-state index contributed by atoms with van der Waals surface area (Å²) >= 11 is 1.13. The average molecular weight is 261 g/mol. The van der Waals surface area contributed by atoms with E-state index >= 15 is 0 Å². The van der Waals surface area contributed by atoms with E-state index in [1.54, 1.807) is 30.3 Å². The Morgan fingerprint density at radius 3 is 2.39 bits per heavy atom. The molecule has 2 rings (SSSR count). The Morgan fingerprint density at radius 2 is 1.78 bits per heavy atom. The molecule has 0 unspecified atom stereocenters. The minimum absolute atomic E-state index is 0.00852. The fourth-order valence-corrected chi connectivity index (χ4v) is 2.21. The molecule has 0 saturated heterocycles. The summed E-state index contributed by atoms with van der Waals surface area (Å²) in [6.07, 6.45) is 0. The van der Waals surface area contributed by atoms with Gasteiger partial charge in [0.25, 0.3) is 5.91 Å². The standard InChI is InChI=1S/C13H11NO3S/c1-8(15)11-6-7-12(18-11)13(17)14-9-4-2-3-5-10(9)16/h2-7,16H,1H3,(H,14,17). The maximum absolute atomic E-state index is 11.9. The molecule has 18 heavy (non-hydrogen) atoms. The lowest BCUT2D eigenvalue weighted by molar-refractivity contribution is 0.101. The van der Waals surface area contributed by atoms with E-state index in [1.807, 2.05) is 0 Å². The Bertz CT molecular complexity index is 604. The third kappa shape index (κ3) is 2.57. The molecule has 0 aliphatic rings. The van der Waals surface area contributed by atoms with Gasteiger partial charge in [-0.25, -0.2) is 0 Å². The predicted octanol–water partition coefficient (Wildman–Crippen LogP) is 2.91. The smallest absolute Gasteiger partial charge is 0.265 e. The second kappa shape index (κ2) is 5.01. The Balaban J connectivity index is 2.17. The van der Waals surface area contributed by atoms with Crippen LogP contribution in [-0.4, -0.2) is 16.8 Å². The van der Waals surface area contributed by atoms with Gasteiger partial charge in [0.15, 0.2) is 5.78 Å². The van der Waals surface area contributed by atoms with Crippen LogP contribution >= 0.6 is 11.3 Å². The van der Waals surface area contributed by atoms with E-state index in [2.05, 4.69) is 5.32 Å². The van der Waals surface area contributed by atoms with E-state index in [-0.39, 0.29) is 17.4 Å². The molecule has 92 valence electrons. The number of thiophene rings is 1. The highest BCUT2D eigenvalue weighted by atomic mass is 32.1. The molecular formula is C13H11NO3S. The molecule has 0 atom stereocenters. The molecule has 0 fully saturated rings. The third-order valence-electron chi connectivity index (χ3n) is 2.33. The summed E-state index contributed by atoms with van der Waals surface area (Å²) in [6, 6.07) is 9.69. The minimum atomic E-state index is -0.339. The van der Waals surface area contributed by atoms with Crippen LogP contribution in [0.3, 0.4) is 0 Å². The Morgan fingerprint density at radius 1 is 1.11 bits per heavy atom. The molecule has 0 saturated carbocycles. The molecule has 5 heteroatoms. The summed E-state index contributed by atoms with van der Waals surface area (Å²) in [5.41, 5.74) is 0.347. The Hall–Kier alpha value is -2.14. The predicted molar refractivity (Wildman–Crippen MR) is 70.4 cm³/mol. The van der Waals surface area contributed by atoms with E-state index in [4.69, 9.17) is 0 Å². The molecule has 4 nitrogen and oxygen atoms in total. The number of phenols is 1. The quantitative estimate of drug-likeness (QED) is 0.659. The summed E-state index contributed by atoms with van der Waals surface area (Å²) < 4.78 is 0. The zero-order valence-corrected chi connectivity index (χ0v) is 10.5. The van der Waals surface area contributed by atoms with Crippen molar-refractivity contribution in [3.05, 3.63) is 46.2 Å². The first-order chi connectivity index (χ1) is 8.58. The van der Waals surface area contributed by atoms with Crippen molar-refractivity contribution in [2.45, 2.75) is 6.92 Å². The van der Waals surface area contributed by atoms with Crippen LogP contribution in [0.1, 0.15) is 26.3 Å². The number of nitrogens with one attached hydrogen (secondary N) is 1. The van der Waals surface area contributed by atoms with Crippen molar-refractivity contribution in [3.8, 4) is 5.75 Å². The monoisotopic (exact) mass is 261 g/mol. The summed E-state index contributed by atoms with van der Waals surface area (Å²) in [7, 11) is 0. The zero-order valence-electron chi connectivity index (χ0n) is 9.64. The number of benzene rings is 1. The molecule has 1 aromatic heterocycles. The SMILES string of the molecule is CC(=O)c1ccc(C(=O)Nc2ccccc2O)s1. The topological polar surface area (TPSA) is 66.4 Å². The second-order valence-electron chi connectivity index (χ2n) is 3.69. The number of rotatable bonds is 3. The minimum Gasteiger partial charge on any atom is -0.506 e. The number of aromatic hydroxyl groups is 1. The lowest BCUT2D eigenvalue weighted by Crippen LogP contribution is -2.10. The van der Waals surface area contributed by atoms with Crippen LogP contribution in [0, 0.1) is 0 Å². The van der Waals surface area contributed by atoms with Crippen LogP contribution in [0.5, 0.6) is 5.75 Å². The first kappa shape index (κ1) is 12.3. The van der Waals surface area contributed by atoms with Gasteiger partial charge in [0.05, 0.1) is 15.4 Å². The molecule has 1 aromatic carbocycles. The largest absolute Gasteiger partial charge is 0.506 e. The molecule has 0 radical (unpaired) electrons. The number of anilines is 1. The Kier molecular flexibility index (Phi) is 3.43. The first-order valence-electron chi connectivity index (χ1n) is 5.28.